The Labute approximate surface area is 95.1 Å². The van der Waals surface area contributed by atoms with Crippen molar-refractivity contribution in [3.63, 3.8) is 0 Å². The van der Waals surface area contributed by atoms with Gasteiger partial charge in [0, 0.05) is 18.7 Å². The molecule has 0 radical (unpaired) electrons. The predicted molar refractivity (Wildman–Crippen MR) is 62.3 cm³/mol. The van der Waals surface area contributed by atoms with Crippen molar-refractivity contribution in [1.82, 2.24) is 0 Å². The van der Waals surface area contributed by atoms with Crippen LogP contribution in [0.25, 0.3) is 0 Å². The molecule has 16 heavy (non-hydrogen) atoms. The fourth-order valence-corrected chi connectivity index (χ4v) is 1.34. The molecule has 2 nitrogen and oxygen atoms in total. The van der Waals surface area contributed by atoms with Crippen LogP contribution in [0.15, 0.2) is 18.2 Å². The molecule has 0 spiro atoms. The quantitative estimate of drug-likeness (QED) is 0.606. The lowest BCUT2D eigenvalue weighted by molar-refractivity contribution is 0.627. The Morgan fingerprint density at radius 1 is 1.31 bits per heavy atom. The van der Waals surface area contributed by atoms with Crippen molar-refractivity contribution in [2.75, 3.05) is 11.9 Å². The molecule has 0 heterocycles. The van der Waals surface area contributed by atoms with E-state index in [-0.39, 0.29) is 0 Å². The number of benzene rings is 1. The van der Waals surface area contributed by atoms with E-state index in [2.05, 4.69) is 11.2 Å². The number of hydrogen-bond donors (Lipinski definition) is 1. The van der Waals surface area contributed by atoms with Crippen molar-refractivity contribution < 1.29 is 4.39 Å². The lowest BCUT2D eigenvalue weighted by atomic mass is 10.2. The number of halogens is 1. The van der Waals surface area contributed by atoms with Crippen LogP contribution in [0.3, 0.4) is 0 Å². The molecular formula is C13H13FN2. The van der Waals surface area contributed by atoms with Crippen LogP contribution in [0.4, 0.5) is 10.1 Å². The molecule has 1 aromatic rings. The highest BCUT2D eigenvalue weighted by Crippen LogP contribution is 2.13. The van der Waals surface area contributed by atoms with Gasteiger partial charge in [-0.25, -0.2) is 4.39 Å². The van der Waals surface area contributed by atoms with Gasteiger partial charge in [0.15, 0.2) is 0 Å². The average Bonchev–Trinajstić information content (AvgIpc) is 2.28. The third kappa shape index (κ3) is 4.02. The first-order chi connectivity index (χ1) is 7.76. The molecular weight excluding hydrogens is 203 g/mol. The lowest BCUT2D eigenvalue weighted by Crippen LogP contribution is -2.01. The van der Waals surface area contributed by atoms with Crippen LogP contribution in [0.1, 0.15) is 24.8 Å². The van der Waals surface area contributed by atoms with Crippen LogP contribution >= 0.6 is 0 Å². The maximum absolute atomic E-state index is 13.0. The normalized spacial score (nSPS) is 9.19. The van der Waals surface area contributed by atoms with Crippen LogP contribution in [0, 0.1) is 29.5 Å². The molecule has 0 saturated heterocycles. The molecule has 0 bridgehead atoms. The van der Waals surface area contributed by atoms with Gasteiger partial charge >= 0.3 is 0 Å². The van der Waals surface area contributed by atoms with E-state index in [0.29, 0.717) is 11.3 Å². The summed E-state index contributed by atoms with van der Waals surface area (Å²) in [6, 6.07) is 6.13. The molecule has 1 aromatic carbocycles. The third-order valence-electron chi connectivity index (χ3n) is 2.10. The summed E-state index contributed by atoms with van der Waals surface area (Å²) in [4.78, 5) is 0. The second-order valence-corrected chi connectivity index (χ2v) is 3.43. The molecule has 0 aliphatic rings. The molecule has 3 heteroatoms. The van der Waals surface area contributed by atoms with E-state index < -0.39 is 5.82 Å². The van der Waals surface area contributed by atoms with Crippen LogP contribution < -0.4 is 5.32 Å². The smallest absolute Gasteiger partial charge is 0.126 e. The van der Waals surface area contributed by atoms with Gasteiger partial charge < -0.3 is 5.32 Å². The molecule has 0 aromatic heterocycles. The largest absolute Gasteiger partial charge is 0.385 e. The summed E-state index contributed by atoms with van der Waals surface area (Å²) >= 11 is 0. The number of nitriles is 1. The zero-order chi connectivity index (χ0) is 11.8. The van der Waals surface area contributed by atoms with Gasteiger partial charge in [-0.1, -0.05) is 0 Å². The molecule has 0 aliphatic heterocycles. The van der Waals surface area contributed by atoms with E-state index in [1.807, 2.05) is 6.07 Å². The molecule has 82 valence electrons. The molecule has 0 aliphatic carbocycles. The minimum Gasteiger partial charge on any atom is -0.385 e. The Hall–Kier alpha value is -2.00. The van der Waals surface area contributed by atoms with Gasteiger partial charge in [0.1, 0.15) is 5.82 Å². The van der Waals surface area contributed by atoms with E-state index in [1.165, 1.54) is 12.1 Å². The minimum atomic E-state index is -0.398. The predicted octanol–water partition coefficient (Wildman–Crippen LogP) is 2.91. The van der Waals surface area contributed by atoms with Gasteiger partial charge in [-0.15, -0.1) is 12.3 Å². The summed E-state index contributed by atoms with van der Waals surface area (Å²) in [5, 5.41) is 11.7. The number of hydrogen-bond acceptors (Lipinski definition) is 2. The zero-order valence-electron chi connectivity index (χ0n) is 8.96. The maximum atomic E-state index is 13.0. The van der Waals surface area contributed by atoms with Crippen LogP contribution in [0.5, 0.6) is 0 Å². The van der Waals surface area contributed by atoms with Gasteiger partial charge in [-0.05, 0) is 31.0 Å². The van der Waals surface area contributed by atoms with Crippen LogP contribution in [-0.4, -0.2) is 6.54 Å². The topological polar surface area (TPSA) is 35.8 Å². The number of anilines is 1. The van der Waals surface area contributed by atoms with Gasteiger partial charge in [0.05, 0.1) is 11.6 Å². The second kappa shape index (κ2) is 6.48. The Morgan fingerprint density at radius 3 is 2.81 bits per heavy atom. The Bertz CT molecular complexity index is 427. The summed E-state index contributed by atoms with van der Waals surface area (Å²) in [5.74, 6) is 2.16. The van der Waals surface area contributed by atoms with Crippen molar-refractivity contribution in [3.8, 4) is 18.4 Å². The second-order valence-electron chi connectivity index (χ2n) is 3.43. The van der Waals surface area contributed by atoms with Crippen molar-refractivity contribution in [2.24, 2.45) is 0 Å². The molecule has 0 amide bonds. The Morgan fingerprint density at radius 2 is 2.12 bits per heavy atom. The van der Waals surface area contributed by atoms with Crippen molar-refractivity contribution in [1.29, 1.82) is 5.26 Å². The van der Waals surface area contributed by atoms with Crippen molar-refractivity contribution in [2.45, 2.75) is 19.3 Å². The van der Waals surface area contributed by atoms with Gasteiger partial charge in [-0.3, -0.25) is 0 Å². The maximum Gasteiger partial charge on any atom is 0.126 e. The first-order valence-electron chi connectivity index (χ1n) is 5.14. The molecule has 0 fully saturated rings. The average molecular weight is 216 g/mol. The highest BCUT2D eigenvalue weighted by atomic mass is 19.1. The van der Waals surface area contributed by atoms with E-state index in [9.17, 15) is 4.39 Å². The third-order valence-corrected chi connectivity index (χ3v) is 2.10. The van der Waals surface area contributed by atoms with Gasteiger partial charge in [0.2, 0.25) is 0 Å². The van der Waals surface area contributed by atoms with Gasteiger partial charge in [0.25, 0.3) is 0 Å². The lowest BCUT2D eigenvalue weighted by Gasteiger charge is -2.06. The number of terminal acetylenes is 1. The molecule has 0 atom stereocenters. The molecule has 0 saturated carbocycles. The fraction of sp³-hybridized carbons (Fsp3) is 0.308. The van der Waals surface area contributed by atoms with Crippen molar-refractivity contribution >= 4 is 5.69 Å². The highest BCUT2D eigenvalue weighted by molar-refractivity contribution is 5.49. The first kappa shape index (κ1) is 12.1. The highest BCUT2D eigenvalue weighted by Gasteiger charge is 1.99. The number of nitrogens with one attached hydrogen (secondary N) is 1. The van der Waals surface area contributed by atoms with Crippen LogP contribution in [-0.2, 0) is 0 Å². The fourth-order valence-electron chi connectivity index (χ4n) is 1.34. The molecule has 0 unspecified atom stereocenters. The summed E-state index contributed by atoms with van der Waals surface area (Å²) < 4.78 is 13.0. The number of nitrogens with zero attached hydrogens (tertiary/aromatic N) is 1. The van der Waals surface area contributed by atoms with E-state index in [4.69, 9.17) is 11.7 Å². The minimum absolute atomic E-state index is 0.325. The molecule has 1 N–H and O–H groups in total. The number of unbranched alkanes of at least 4 members (excludes halogenated alkanes) is 2. The Balaban J connectivity index is 2.45. The summed E-state index contributed by atoms with van der Waals surface area (Å²) in [6.45, 7) is 0.732. The van der Waals surface area contributed by atoms with E-state index >= 15 is 0 Å². The van der Waals surface area contributed by atoms with Crippen molar-refractivity contribution in [3.05, 3.63) is 29.6 Å². The summed E-state index contributed by atoms with van der Waals surface area (Å²) in [5.41, 5.74) is 0.961. The zero-order valence-corrected chi connectivity index (χ0v) is 8.96. The Kier molecular flexibility index (Phi) is 4.89. The van der Waals surface area contributed by atoms with Gasteiger partial charge in [-0.2, -0.15) is 5.26 Å². The standard InChI is InChI=1S/C13H13FN2/c1-2-3-4-5-6-16-13-8-11(10-15)7-12(14)9-13/h1,7-9,16H,3-6H2. The monoisotopic (exact) mass is 216 g/mol. The summed E-state index contributed by atoms with van der Waals surface area (Å²) in [6.07, 6.45) is 7.76. The number of rotatable bonds is 5. The SMILES string of the molecule is C#CCCCCNc1cc(F)cc(C#N)c1. The molecule has 1 rings (SSSR count). The summed E-state index contributed by atoms with van der Waals surface area (Å²) in [7, 11) is 0. The van der Waals surface area contributed by atoms with Crippen LogP contribution in [0.2, 0.25) is 0 Å². The first-order valence-corrected chi connectivity index (χ1v) is 5.14. The van der Waals surface area contributed by atoms with E-state index in [1.54, 1.807) is 6.07 Å². The van der Waals surface area contributed by atoms with E-state index in [0.717, 1.165) is 25.8 Å².